The number of rotatable bonds is 3. The van der Waals surface area contributed by atoms with E-state index in [-0.39, 0.29) is 11.0 Å². The fourth-order valence-corrected chi connectivity index (χ4v) is 1.51. The minimum atomic E-state index is -3.68. The maximum atomic E-state index is 10.9. The molecule has 1 aliphatic heterocycles. The second kappa shape index (κ2) is 3.76. The lowest BCUT2D eigenvalue weighted by Gasteiger charge is -2.25. The summed E-state index contributed by atoms with van der Waals surface area (Å²) in [5.74, 6) is 0.371. The fourth-order valence-electron chi connectivity index (χ4n) is 1.06. The fraction of sp³-hybridized carbons (Fsp3) is 0.375. The van der Waals surface area contributed by atoms with E-state index in [1.807, 2.05) is 0 Å². The second-order valence-corrected chi connectivity index (χ2v) is 4.72. The highest BCUT2D eigenvalue weighted by Crippen LogP contribution is 2.14. The van der Waals surface area contributed by atoms with Gasteiger partial charge in [-0.15, -0.1) is 0 Å². The molecule has 2 rings (SSSR count). The molecule has 15 heavy (non-hydrogen) atoms. The van der Waals surface area contributed by atoms with Crippen LogP contribution in [0.2, 0.25) is 0 Å². The molecule has 0 atom stereocenters. The summed E-state index contributed by atoms with van der Waals surface area (Å²) >= 11 is 0. The van der Waals surface area contributed by atoms with E-state index >= 15 is 0 Å². The van der Waals surface area contributed by atoms with Crippen LogP contribution in [0.4, 0.5) is 0 Å². The van der Waals surface area contributed by atoms with Crippen LogP contribution in [0.15, 0.2) is 23.2 Å². The van der Waals surface area contributed by atoms with Crippen LogP contribution < -0.4 is 9.88 Å². The average molecular weight is 230 g/mol. The van der Waals surface area contributed by atoms with Gasteiger partial charge in [0.25, 0.3) is 0 Å². The van der Waals surface area contributed by atoms with Crippen molar-refractivity contribution < 1.29 is 17.9 Å². The lowest BCUT2D eigenvalue weighted by Crippen LogP contribution is -2.38. The van der Waals surface area contributed by atoms with Gasteiger partial charge < -0.3 is 9.47 Å². The van der Waals surface area contributed by atoms with Crippen molar-refractivity contribution in [1.82, 2.24) is 4.98 Å². The number of hydrogen-bond donors (Lipinski definition) is 1. The molecule has 0 amide bonds. The van der Waals surface area contributed by atoms with Crippen molar-refractivity contribution in [2.24, 2.45) is 5.14 Å². The summed E-state index contributed by atoms with van der Waals surface area (Å²) in [6.45, 7) is 1.08. The Kier molecular flexibility index (Phi) is 2.59. The van der Waals surface area contributed by atoms with E-state index in [0.717, 1.165) is 0 Å². The summed E-state index contributed by atoms with van der Waals surface area (Å²) in [5, 5.41) is 4.92. The molecule has 7 heteroatoms. The number of sulfonamides is 1. The number of ether oxygens (including phenoxy) is 2. The first-order valence-corrected chi connectivity index (χ1v) is 5.83. The quantitative estimate of drug-likeness (QED) is 0.756. The summed E-state index contributed by atoms with van der Waals surface area (Å²) in [7, 11) is -3.68. The highest BCUT2D eigenvalue weighted by atomic mass is 32.2. The first-order valence-electron chi connectivity index (χ1n) is 4.29. The van der Waals surface area contributed by atoms with E-state index in [1.165, 1.54) is 18.3 Å². The molecule has 2 heterocycles. The summed E-state index contributed by atoms with van der Waals surface area (Å²) in [6.07, 6.45) is 1.18. The molecule has 1 fully saturated rings. The first kappa shape index (κ1) is 10.3. The molecular weight excluding hydrogens is 220 g/mol. The molecule has 1 saturated heterocycles. The maximum absolute atomic E-state index is 10.9. The highest BCUT2D eigenvalue weighted by molar-refractivity contribution is 7.89. The molecule has 6 nitrogen and oxygen atoms in total. The highest BCUT2D eigenvalue weighted by Gasteiger charge is 2.20. The van der Waals surface area contributed by atoms with Crippen LogP contribution in [-0.2, 0) is 14.8 Å². The summed E-state index contributed by atoms with van der Waals surface area (Å²) < 4.78 is 32.1. The summed E-state index contributed by atoms with van der Waals surface area (Å²) in [6, 6.07) is 2.83. The largest absolute Gasteiger partial charge is 0.469 e. The molecule has 1 aliphatic rings. The Hall–Kier alpha value is -1.18. The van der Waals surface area contributed by atoms with E-state index in [1.54, 1.807) is 0 Å². The van der Waals surface area contributed by atoms with Gasteiger partial charge in [0.05, 0.1) is 19.4 Å². The zero-order valence-corrected chi connectivity index (χ0v) is 8.61. The van der Waals surface area contributed by atoms with Crippen molar-refractivity contribution in [3.05, 3.63) is 18.3 Å². The summed E-state index contributed by atoms with van der Waals surface area (Å²) in [4.78, 5) is 3.80. The Morgan fingerprint density at radius 3 is 2.60 bits per heavy atom. The number of primary sulfonamides is 1. The van der Waals surface area contributed by atoms with Gasteiger partial charge in [-0.2, -0.15) is 0 Å². The molecule has 2 N–H and O–H groups in total. The Morgan fingerprint density at radius 1 is 1.47 bits per heavy atom. The molecule has 0 aromatic carbocycles. The smallest absolute Gasteiger partial charge is 0.239 e. The molecule has 0 radical (unpaired) electrons. The topological polar surface area (TPSA) is 91.5 Å². The Labute approximate surface area is 87.1 Å². The second-order valence-electron chi connectivity index (χ2n) is 3.15. The van der Waals surface area contributed by atoms with Crippen LogP contribution in [0.1, 0.15) is 0 Å². The molecular formula is C8H10N2O4S. The van der Waals surface area contributed by atoms with E-state index in [2.05, 4.69) is 4.98 Å². The Morgan fingerprint density at radius 2 is 2.20 bits per heavy atom. The molecule has 1 aromatic heterocycles. The van der Waals surface area contributed by atoms with Gasteiger partial charge in [-0.1, -0.05) is 0 Å². The normalized spacial score (nSPS) is 17.1. The van der Waals surface area contributed by atoms with Gasteiger partial charge >= 0.3 is 0 Å². The van der Waals surface area contributed by atoms with Gasteiger partial charge in [-0.05, 0) is 6.07 Å². The van der Waals surface area contributed by atoms with Crippen LogP contribution in [0.25, 0.3) is 0 Å². The third-order valence-electron chi connectivity index (χ3n) is 1.93. The van der Waals surface area contributed by atoms with E-state index in [9.17, 15) is 8.42 Å². The predicted molar refractivity (Wildman–Crippen MR) is 50.8 cm³/mol. The molecule has 0 spiro atoms. The molecule has 0 aliphatic carbocycles. The standard InChI is InChI=1S/C8H10N2O4S/c9-15(11,12)7-1-2-8(10-3-7)14-6-4-13-5-6/h1-3,6H,4-5H2,(H2,9,11,12). The maximum Gasteiger partial charge on any atom is 0.239 e. The Balaban J connectivity index is 2.09. The lowest BCUT2D eigenvalue weighted by atomic mass is 10.3. The third-order valence-corrected chi connectivity index (χ3v) is 2.83. The van der Waals surface area contributed by atoms with Crippen LogP contribution in [0.5, 0.6) is 5.88 Å². The predicted octanol–water partition coefficient (Wildman–Crippen LogP) is -0.493. The molecule has 82 valence electrons. The lowest BCUT2D eigenvalue weighted by molar-refractivity contribution is -0.0813. The third kappa shape index (κ3) is 2.44. The first-order chi connectivity index (χ1) is 7.05. The Bertz CT molecular complexity index is 438. The van der Waals surface area contributed by atoms with Gasteiger partial charge in [0.1, 0.15) is 11.0 Å². The van der Waals surface area contributed by atoms with Gasteiger partial charge in [-0.25, -0.2) is 18.5 Å². The number of nitrogens with two attached hydrogens (primary N) is 1. The van der Waals surface area contributed by atoms with Crippen molar-refractivity contribution in [2.45, 2.75) is 11.0 Å². The van der Waals surface area contributed by atoms with Crippen LogP contribution in [0, 0.1) is 0 Å². The minimum absolute atomic E-state index is 0.0119. The van der Waals surface area contributed by atoms with Crippen molar-refractivity contribution in [1.29, 1.82) is 0 Å². The number of aromatic nitrogens is 1. The van der Waals surface area contributed by atoms with Crippen LogP contribution in [-0.4, -0.2) is 32.7 Å². The average Bonchev–Trinajstić information content (AvgIpc) is 2.11. The van der Waals surface area contributed by atoms with Gasteiger partial charge in [0.15, 0.2) is 0 Å². The zero-order chi connectivity index (χ0) is 10.9. The zero-order valence-electron chi connectivity index (χ0n) is 7.79. The van der Waals surface area contributed by atoms with Crippen molar-refractivity contribution in [3.8, 4) is 5.88 Å². The summed E-state index contributed by atoms with van der Waals surface area (Å²) in [5.41, 5.74) is 0. The number of pyridine rings is 1. The number of hydrogen-bond acceptors (Lipinski definition) is 5. The van der Waals surface area contributed by atoms with E-state index < -0.39 is 10.0 Å². The molecule has 1 aromatic rings. The molecule has 0 saturated carbocycles. The SMILES string of the molecule is NS(=O)(=O)c1ccc(OC2COC2)nc1. The van der Waals surface area contributed by atoms with Crippen LogP contribution in [0.3, 0.4) is 0 Å². The minimum Gasteiger partial charge on any atom is -0.469 e. The monoisotopic (exact) mass is 230 g/mol. The van der Waals surface area contributed by atoms with Crippen molar-refractivity contribution in [3.63, 3.8) is 0 Å². The number of nitrogens with zero attached hydrogens (tertiary/aromatic N) is 1. The van der Waals surface area contributed by atoms with Crippen molar-refractivity contribution >= 4 is 10.0 Å². The van der Waals surface area contributed by atoms with Gasteiger partial charge in [-0.3, -0.25) is 0 Å². The van der Waals surface area contributed by atoms with Gasteiger partial charge in [0, 0.05) is 6.07 Å². The van der Waals surface area contributed by atoms with Gasteiger partial charge in [0.2, 0.25) is 15.9 Å². The van der Waals surface area contributed by atoms with E-state index in [4.69, 9.17) is 14.6 Å². The molecule has 0 bridgehead atoms. The molecule has 0 unspecified atom stereocenters. The van der Waals surface area contributed by atoms with Crippen LogP contribution >= 0.6 is 0 Å². The van der Waals surface area contributed by atoms with Crippen molar-refractivity contribution in [2.75, 3.05) is 13.2 Å². The van der Waals surface area contributed by atoms with E-state index in [0.29, 0.717) is 19.1 Å².